The largest absolute Gasteiger partial charge is 0.337 e. The molecule has 0 radical (unpaired) electrons. The monoisotopic (exact) mass is 411 g/mol. The first-order chi connectivity index (χ1) is 14.1. The van der Waals surface area contributed by atoms with Gasteiger partial charge in [0.05, 0.1) is 4.88 Å². The first-order valence-corrected chi connectivity index (χ1v) is 11.0. The van der Waals surface area contributed by atoms with Gasteiger partial charge in [-0.2, -0.15) is 0 Å². The number of rotatable bonds is 3. The molecule has 0 N–H and O–H groups in total. The number of piperazine rings is 1. The number of amides is 3. The van der Waals surface area contributed by atoms with Crippen LogP contribution in [0.1, 0.15) is 39.3 Å². The average molecular weight is 412 g/mol. The van der Waals surface area contributed by atoms with E-state index in [1.54, 1.807) is 9.80 Å². The van der Waals surface area contributed by atoms with Crippen molar-refractivity contribution in [1.82, 2.24) is 14.7 Å². The summed E-state index contributed by atoms with van der Waals surface area (Å²) < 4.78 is 0. The highest BCUT2D eigenvalue weighted by Crippen LogP contribution is 2.24. The molecule has 6 nitrogen and oxygen atoms in total. The van der Waals surface area contributed by atoms with Crippen molar-refractivity contribution in [2.75, 3.05) is 32.7 Å². The lowest BCUT2D eigenvalue weighted by Crippen LogP contribution is -2.57. The minimum absolute atomic E-state index is 0.00450. The molecule has 3 heterocycles. The lowest BCUT2D eigenvalue weighted by molar-refractivity contribution is -0.138. The third kappa shape index (κ3) is 4.19. The molecule has 2 fully saturated rings. The molecule has 1 aromatic heterocycles. The van der Waals surface area contributed by atoms with Crippen LogP contribution in [0.2, 0.25) is 0 Å². The standard InChI is InChI=1S/C22H25N3O3S/c26-20(17-7-2-1-3-8-17)23-12-14-24(15-13-23)21(27)18-9-4-5-11-25(18)22(28)19-10-6-16-29-19/h1-3,6-8,10,16,18H,4-5,9,11-15H2. The molecule has 2 aliphatic rings. The van der Waals surface area contributed by atoms with Crippen LogP contribution in [0.25, 0.3) is 0 Å². The Morgan fingerprint density at radius 3 is 2.21 bits per heavy atom. The van der Waals surface area contributed by atoms with Crippen LogP contribution in [0.3, 0.4) is 0 Å². The van der Waals surface area contributed by atoms with Gasteiger partial charge >= 0.3 is 0 Å². The van der Waals surface area contributed by atoms with Crippen molar-refractivity contribution in [1.29, 1.82) is 0 Å². The number of piperidine rings is 1. The smallest absolute Gasteiger partial charge is 0.264 e. The summed E-state index contributed by atoms with van der Waals surface area (Å²) in [5.41, 5.74) is 0.673. The van der Waals surface area contributed by atoms with Crippen LogP contribution in [0.4, 0.5) is 0 Å². The van der Waals surface area contributed by atoms with Gasteiger partial charge in [-0.05, 0) is 42.8 Å². The fraction of sp³-hybridized carbons (Fsp3) is 0.409. The number of hydrogen-bond acceptors (Lipinski definition) is 4. The molecule has 0 saturated carbocycles. The highest BCUT2D eigenvalue weighted by molar-refractivity contribution is 7.12. The van der Waals surface area contributed by atoms with Crippen molar-refractivity contribution in [3.63, 3.8) is 0 Å². The SMILES string of the molecule is O=C(c1ccccc1)N1CCN(C(=O)C2CCCCN2C(=O)c2cccs2)CC1. The van der Waals surface area contributed by atoms with Crippen LogP contribution in [0.15, 0.2) is 47.8 Å². The number of carbonyl (C=O) groups is 3. The Balaban J connectivity index is 1.39. The second-order valence-electron chi connectivity index (χ2n) is 7.47. The number of nitrogens with zero attached hydrogens (tertiary/aromatic N) is 3. The van der Waals surface area contributed by atoms with Crippen LogP contribution in [-0.4, -0.2) is 71.2 Å². The van der Waals surface area contributed by atoms with Gasteiger partial charge in [-0.3, -0.25) is 14.4 Å². The van der Waals surface area contributed by atoms with Crippen LogP contribution < -0.4 is 0 Å². The fourth-order valence-corrected chi connectivity index (χ4v) is 4.76. The molecule has 29 heavy (non-hydrogen) atoms. The summed E-state index contributed by atoms with van der Waals surface area (Å²) in [5, 5.41) is 1.89. The number of likely N-dealkylation sites (tertiary alicyclic amines) is 1. The maximum absolute atomic E-state index is 13.2. The Labute approximate surface area is 174 Å². The lowest BCUT2D eigenvalue weighted by Gasteiger charge is -2.40. The molecule has 1 atom stereocenters. The molecule has 1 unspecified atom stereocenters. The minimum atomic E-state index is -0.394. The van der Waals surface area contributed by atoms with E-state index >= 15 is 0 Å². The fourth-order valence-electron chi connectivity index (χ4n) is 4.08. The number of carbonyl (C=O) groups excluding carboxylic acids is 3. The molecule has 1 aromatic carbocycles. The average Bonchev–Trinajstić information content (AvgIpc) is 3.33. The second-order valence-corrected chi connectivity index (χ2v) is 8.42. The van der Waals surface area contributed by atoms with E-state index in [0.717, 1.165) is 12.8 Å². The van der Waals surface area contributed by atoms with E-state index < -0.39 is 6.04 Å². The Bertz CT molecular complexity index is 861. The predicted molar refractivity (Wildman–Crippen MR) is 112 cm³/mol. The first-order valence-electron chi connectivity index (χ1n) is 10.1. The molecule has 0 spiro atoms. The normalized spacial score (nSPS) is 19.9. The predicted octanol–water partition coefficient (Wildman–Crippen LogP) is 2.73. The summed E-state index contributed by atoms with van der Waals surface area (Å²) in [7, 11) is 0. The molecular weight excluding hydrogens is 386 g/mol. The molecular formula is C22H25N3O3S. The van der Waals surface area contributed by atoms with E-state index in [2.05, 4.69) is 0 Å². The minimum Gasteiger partial charge on any atom is -0.337 e. The highest BCUT2D eigenvalue weighted by atomic mass is 32.1. The van der Waals surface area contributed by atoms with Gasteiger partial charge in [-0.15, -0.1) is 11.3 Å². The Kier molecular flexibility index (Phi) is 5.94. The highest BCUT2D eigenvalue weighted by Gasteiger charge is 2.36. The van der Waals surface area contributed by atoms with Gasteiger partial charge in [0, 0.05) is 38.3 Å². The Hall–Kier alpha value is -2.67. The Morgan fingerprint density at radius 2 is 1.52 bits per heavy atom. The Morgan fingerprint density at radius 1 is 0.793 bits per heavy atom. The van der Waals surface area contributed by atoms with Crippen molar-refractivity contribution in [2.45, 2.75) is 25.3 Å². The molecule has 2 aromatic rings. The van der Waals surface area contributed by atoms with Gasteiger partial charge in [0.25, 0.3) is 11.8 Å². The lowest BCUT2D eigenvalue weighted by atomic mass is 10.00. The molecule has 3 amide bonds. The van der Waals surface area contributed by atoms with Crippen LogP contribution >= 0.6 is 11.3 Å². The molecule has 2 saturated heterocycles. The van der Waals surface area contributed by atoms with Gasteiger partial charge in [0.2, 0.25) is 5.91 Å². The summed E-state index contributed by atoms with van der Waals surface area (Å²) >= 11 is 1.42. The van der Waals surface area contributed by atoms with Crippen molar-refractivity contribution in [2.24, 2.45) is 0 Å². The molecule has 0 aliphatic carbocycles. The van der Waals surface area contributed by atoms with E-state index in [1.165, 1.54) is 11.3 Å². The van der Waals surface area contributed by atoms with Gasteiger partial charge in [0.1, 0.15) is 6.04 Å². The van der Waals surface area contributed by atoms with Crippen molar-refractivity contribution in [3.8, 4) is 0 Å². The van der Waals surface area contributed by atoms with Crippen LogP contribution in [-0.2, 0) is 4.79 Å². The zero-order chi connectivity index (χ0) is 20.2. The van der Waals surface area contributed by atoms with Gasteiger partial charge in [-0.25, -0.2) is 0 Å². The molecule has 4 rings (SSSR count). The van der Waals surface area contributed by atoms with Crippen molar-refractivity contribution in [3.05, 3.63) is 58.3 Å². The molecule has 0 bridgehead atoms. The van der Waals surface area contributed by atoms with E-state index in [4.69, 9.17) is 0 Å². The maximum atomic E-state index is 13.2. The van der Waals surface area contributed by atoms with Crippen LogP contribution in [0.5, 0.6) is 0 Å². The van der Waals surface area contributed by atoms with E-state index in [-0.39, 0.29) is 17.7 Å². The third-order valence-corrected chi connectivity index (χ3v) is 6.54. The van der Waals surface area contributed by atoms with Gasteiger partial charge in [0.15, 0.2) is 0 Å². The van der Waals surface area contributed by atoms with E-state index in [9.17, 15) is 14.4 Å². The van der Waals surface area contributed by atoms with E-state index in [1.807, 2.05) is 52.7 Å². The summed E-state index contributed by atoms with van der Waals surface area (Å²) in [6.45, 7) is 2.68. The molecule has 7 heteroatoms. The molecule has 2 aliphatic heterocycles. The zero-order valence-electron chi connectivity index (χ0n) is 16.3. The number of benzene rings is 1. The molecule has 152 valence electrons. The quantitative estimate of drug-likeness (QED) is 0.780. The summed E-state index contributed by atoms with van der Waals surface area (Å²) in [5.74, 6) is -0.0257. The second kappa shape index (κ2) is 8.78. The summed E-state index contributed by atoms with van der Waals surface area (Å²) in [6, 6.07) is 12.5. The topological polar surface area (TPSA) is 60.9 Å². The maximum Gasteiger partial charge on any atom is 0.264 e. The van der Waals surface area contributed by atoms with Gasteiger partial charge < -0.3 is 14.7 Å². The van der Waals surface area contributed by atoms with Crippen molar-refractivity contribution >= 4 is 29.1 Å². The van der Waals surface area contributed by atoms with Crippen LogP contribution in [0, 0.1) is 0 Å². The van der Waals surface area contributed by atoms with E-state index in [0.29, 0.717) is 49.6 Å². The number of thiophene rings is 1. The summed E-state index contributed by atoms with van der Waals surface area (Å²) in [6.07, 6.45) is 2.59. The summed E-state index contributed by atoms with van der Waals surface area (Å²) in [4.78, 5) is 44.8. The first kappa shape index (κ1) is 19.6. The zero-order valence-corrected chi connectivity index (χ0v) is 17.1. The van der Waals surface area contributed by atoms with Crippen molar-refractivity contribution < 1.29 is 14.4 Å². The third-order valence-electron chi connectivity index (χ3n) is 5.68. The van der Waals surface area contributed by atoms with Gasteiger partial charge in [-0.1, -0.05) is 24.3 Å². The number of hydrogen-bond donors (Lipinski definition) is 0.